The molecule has 0 amide bonds. The zero-order valence-electron chi connectivity index (χ0n) is 15.0. The molecule has 1 aliphatic rings. The maximum absolute atomic E-state index is 10.5. The second-order valence-corrected chi connectivity index (χ2v) is 7.54. The molecule has 0 fully saturated rings. The molecule has 0 aromatic carbocycles. The standard InChI is InChI=1S/C20H34O2/c1-15(2)18-10-9-16(3)7-6-8-17(4)13-19(21)14-20(5,22)12-11-18/h7,11-13,15,18-19,21-22H,6,8-10,14H2,1-5H3/b12-11?,16-7+,17-13?/t18-,19-,20-/m0/s1. The van der Waals surface area contributed by atoms with Gasteiger partial charge < -0.3 is 10.2 Å². The van der Waals surface area contributed by atoms with E-state index in [1.807, 2.05) is 12.2 Å². The van der Waals surface area contributed by atoms with Gasteiger partial charge in [0.25, 0.3) is 0 Å². The number of allylic oxidation sites excluding steroid dienone is 4. The SMILES string of the molecule is CC1=C[C@H](O)C[C@@](C)(O)C=C[C@@H](C(C)C)CC/C(C)=C/CC1. The van der Waals surface area contributed by atoms with Crippen molar-refractivity contribution in [2.75, 3.05) is 0 Å². The van der Waals surface area contributed by atoms with Crippen molar-refractivity contribution in [3.05, 3.63) is 35.5 Å². The Labute approximate surface area is 136 Å². The highest BCUT2D eigenvalue weighted by Gasteiger charge is 2.21. The van der Waals surface area contributed by atoms with Crippen molar-refractivity contribution in [2.24, 2.45) is 11.8 Å². The van der Waals surface area contributed by atoms with E-state index in [2.05, 4.69) is 39.8 Å². The van der Waals surface area contributed by atoms with E-state index < -0.39 is 11.7 Å². The predicted octanol–water partition coefficient (Wildman–Crippen LogP) is 4.78. The van der Waals surface area contributed by atoms with E-state index in [0.29, 0.717) is 18.3 Å². The topological polar surface area (TPSA) is 40.5 Å². The lowest BCUT2D eigenvalue weighted by molar-refractivity contribution is 0.0565. The van der Waals surface area contributed by atoms with E-state index in [1.165, 1.54) is 11.1 Å². The molecule has 126 valence electrons. The van der Waals surface area contributed by atoms with Gasteiger partial charge in [0, 0.05) is 6.42 Å². The predicted molar refractivity (Wildman–Crippen MR) is 94.7 cm³/mol. The second kappa shape index (κ2) is 8.69. The van der Waals surface area contributed by atoms with Gasteiger partial charge >= 0.3 is 0 Å². The molecule has 0 spiro atoms. The fourth-order valence-electron chi connectivity index (χ4n) is 2.99. The monoisotopic (exact) mass is 306 g/mol. The van der Waals surface area contributed by atoms with E-state index in [-0.39, 0.29) is 0 Å². The van der Waals surface area contributed by atoms with Crippen molar-refractivity contribution >= 4 is 0 Å². The van der Waals surface area contributed by atoms with Gasteiger partial charge in [-0.1, -0.05) is 49.3 Å². The summed E-state index contributed by atoms with van der Waals surface area (Å²) < 4.78 is 0. The first-order valence-corrected chi connectivity index (χ1v) is 8.62. The second-order valence-electron chi connectivity index (χ2n) is 7.54. The summed E-state index contributed by atoms with van der Waals surface area (Å²) in [5.41, 5.74) is 1.67. The van der Waals surface area contributed by atoms with Crippen LogP contribution >= 0.6 is 0 Å². The van der Waals surface area contributed by atoms with Gasteiger partial charge in [0.2, 0.25) is 0 Å². The van der Waals surface area contributed by atoms with Crippen LogP contribution in [0.15, 0.2) is 35.5 Å². The first-order valence-electron chi connectivity index (χ1n) is 8.62. The maximum atomic E-state index is 10.5. The Balaban J connectivity index is 2.97. The van der Waals surface area contributed by atoms with Crippen LogP contribution in [-0.2, 0) is 0 Å². The molecule has 2 heteroatoms. The van der Waals surface area contributed by atoms with Crippen molar-refractivity contribution in [3.8, 4) is 0 Å². The molecule has 1 aliphatic carbocycles. The van der Waals surface area contributed by atoms with Crippen LogP contribution in [0.2, 0.25) is 0 Å². The third-order valence-corrected chi connectivity index (χ3v) is 4.56. The zero-order chi connectivity index (χ0) is 16.8. The Morgan fingerprint density at radius 1 is 1.18 bits per heavy atom. The van der Waals surface area contributed by atoms with E-state index in [9.17, 15) is 10.2 Å². The highest BCUT2D eigenvalue weighted by molar-refractivity contribution is 5.10. The first-order chi connectivity index (χ1) is 10.2. The van der Waals surface area contributed by atoms with Gasteiger partial charge in [-0.25, -0.2) is 0 Å². The molecule has 0 saturated carbocycles. The van der Waals surface area contributed by atoms with Crippen LogP contribution in [0.4, 0.5) is 0 Å². The van der Waals surface area contributed by atoms with Crippen molar-refractivity contribution in [1.82, 2.24) is 0 Å². The largest absolute Gasteiger partial charge is 0.389 e. The summed E-state index contributed by atoms with van der Waals surface area (Å²) in [6.45, 7) is 10.5. The van der Waals surface area contributed by atoms with Crippen LogP contribution in [0.3, 0.4) is 0 Å². The minimum absolute atomic E-state index is 0.348. The summed E-state index contributed by atoms with van der Waals surface area (Å²) >= 11 is 0. The molecule has 2 N–H and O–H groups in total. The highest BCUT2D eigenvalue weighted by Crippen LogP contribution is 2.25. The Bertz CT molecular complexity index is 427. The lowest BCUT2D eigenvalue weighted by Gasteiger charge is -2.24. The van der Waals surface area contributed by atoms with Crippen molar-refractivity contribution in [3.63, 3.8) is 0 Å². The van der Waals surface area contributed by atoms with E-state index in [0.717, 1.165) is 25.7 Å². The molecular formula is C20H34O2. The molecule has 0 bridgehead atoms. The highest BCUT2D eigenvalue weighted by atomic mass is 16.3. The summed E-state index contributed by atoms with van der Waals surface area (Å²) in [4.78, 5) is 0. The van der Waals surface area contributed by atoms with Crippen LogP contribution in [0.1, 0.15) is 66.7 Å². The quantitative estimate of drug-likeness (QED) is 0.684. The number of hydrogen-bond acceptors (Lipinski definition) is 2. The number of rotatable bonds is 1. The molecule has 0 unspecified atom stereocenters. The van der Waals surface area contributed by atoms with E-state index >= 15 is 0 Å². The summed E-state index contributed by atoms with van der Waals surface area (Å²) in [7, 11) is 0. The van der Waals surface area contributed by atoms with Gasteiger partial charge in [-0.15, -0.1) is 0 Å². The van der Waals surface area contributed by atoms with Gasteiger partial charge in [0.05, 0.1) is 11.7 Å². The molecule has 22 heavy (non-hydrogen) atoms. The normalized spacial score (nSPS) is 34.7. The number of aliphatic hydroxyl groups excluding tert-OH is 1. The Morgan fingerprint density at radius 2 is 1.86 bits per heavy atom. The Kier molecular flexibility index (Phi) is 7.58. The fraction of sp³-hybridized carbons (Fsp3) is 0.700. The zero-order valence-corrected chi connectivity index (χ0v) is 15.0. The van der Waals surface area contributed by atoms with Crippen molar-refractivity contribution in [1.29, 1.82) is 0 Å². The number of aliphatic hydroxyl groups is 2. The van der Waals surface area contributed by atoms with Crippen LogP contribution < -0.4 is 0 Å². The van der Waals surface area contributed by atoms with Gasteiger partial charge in [0.1, 0.15) is 0 Å². The summed E-state index contributed by atoms with van der Waals surface area (Å²) in [5.74, 6) is 1.02. The molecule has 0 saturated heterocycles. The minimum Gasteiger partial charge on any atom is -0.389 e. The summed E-state index contributed by atoms with van der Waals surface area (Å²) in [6.07, 6.45) is 12.2. The summed E-state index contributed by atoms with van der Waals surface area (Å²) in [6, 6.07) is 0. The smallest absolute Gasteiger partial charge is 0.0827 e. The fourth-order valence-corrected chi connectivity index (χ4v) is 2.99. The molecule has 0 radical (unpaired) electrons. The molecule has 3 atom stereocenters. The van der Waals surface area contributed by atoms with Gasteiger partial charge in [-0.05, 0) is 58.3 Å². The third kappa shape index (κ3) is 7.42. The van der Waals surface area contributed by atoms with Crippen molar-refractivity contribution in [2.45, 2.75) is 78.4 Å². The molecular weight excluding hydrogens is 272 g/mol. The Hall–Kier alpha value is -0.860. The minimum atomic E-state index is -0.960. The van der Waals surface area contributed by atoms with Crippen LogP contribution in [-0.4, -0.2) is 21.9 Å². The third-order valence-electron chi connectivity index (χ3n) is 4.56. The van der Waals surface area contributed by atoms with Gasteiger partial charge in [-0.3, -0.25) is 0 Å². The average molecular weight is 306 g/mol. The van der Waals surface area contributed by atoms with Crippen molar-refractivity contribution < 1.29 is 10.2 Å². The van der Waals surface area contributed by atoms with Gasteiger partial charge in [0.15, 0.2) is 0 Å². The first kappa shape index (κ1) is 19.2. The van der Waals surface area contributed by atoms with E-state index in [1.54, 1.807) is 6.92 Å². The number of hydrogen-bond donors (Lipinski definition) is 2. The molecule has 2 nitrogen and oxygen atoms in total. The molecule has 1 rings (SSSR count). The lowest BCUT2D eigenvalue weighted by Crippen LogP contribution is -2.27. The summed E-state index contributed by atoms with van der Waals surface area (Å²) in [5, 5.41) is 20.7. The molecule has 0 aliphatic heterocycles. The van der Waals surface area contributed by atoms with E-state index in [4.69, 9.17) is 0 Å². The molecule has 0 aromatic rings. The van der Waals surface area contributed by atoms with Gasteiger partial charge in [-0.2, -0.15) is 0 Å². The van der Waals surface area contributed by atoms with Crippen LogP contribution in [0.25, 0.3) is 0 Å². The molecule has 0 heterocycles. The Morgan fingerprint density at radius 3 is 2.50 bits per heavy atom. The molecule has 0 aromatic heterocycles. The van der Waals surface area contributed by atoms with Crippen LogP contribution in [0, 0.1) is 11.8 Å². The maximum Gasteiger partial charge on any atom is 0.0827 e. The average Bonchev–Trinajstić information content (AvgIpc) is 2.36. The lowest BCUT2D eigenvalue weighted by atomic mass is 9.86. The van der Waals surface area contributed by atoms with Crippen LogP contribution in [0.5, 0.6) is 0 Å².